The van der Waals surface area contributed by atoms with Gasteiger partial charge >= 0.3 is 0 Å². The lowest BCUT2D eigenvalue weighted by atomic mass is 10.1. The van der Waals surface area contributed by atoms with Crippen LogP contribution in [0.1, 0.15) is 15.9 Å². The highest BCUT2D eigenvalue weighted by Gasteiger charge is 2.15. The van der Waals surface area contributed by atoms with Crippen molar-refractivity contribution in [1.29, 1.82) is 0 Å². The summed E-state index contributed by atoms with van der Waals surface area (Å²) in [6, 6.07) is 15.3. The number of carbonyl (C=O) groups excluding carboxylic acids is 1. The van der Waals surface area contributed by atoms with Crippen LogP contribution in [0.4, 0.5) is 5.69 Å². The summed E-state index contributed by atoms with van der Waals surface area (Å²) in [4.78, 5) is 17.0. The number of nitrogens with zero attached hydrogens (tertiary/aromatic N) is 1. The Bertz CT molecular complexity index is 1340. The Morgan fingerprint density at radius 3 is 2.42 bits per heavy atom. The van der Waals surface area contributed by atoms with E-state index in [-0.39, 0.29) is 10.9 Å². The number of aromatic hydroxyl groups is 1. The topological polar surface area (TPSA) is 106 Å². The molecule has 1 amide bonds. The molecule has 3 N–H and O–H groups in total. The van der Waals surface area contributed by atoms with Crippen molar-refractivity contribution < 1.29 is 23.8 Å². The first-order chi connectivity index (χ1) is 15.9. The summed E-state index contributed by atoms with van der Waals surface area (Å²) < 4.78 is 16.2. The van der Waals surface area contributed by atoms with Crippen molar-refractivity contribution in [3.8, 4) is 28.7 Å². The molecule has 0 aliphatic heterocycles. The van der Waals surface area contributed by atoms with Crippen LogP contribution in [0.25, 0.3) is 22.6 Å². The van der Waals surface area contributed by atoms with Gasteiger partial charge in [0.15, 0.2) is 10.7 Å². The van der Waals surface area contributed by atoms with Gasteiger partial charge in [-0.3, -0.25) is 10.1 Å². The predicted octanol–water partition coefficient (Wildman–Crippen LogP) is 4.65. The van der Waals surface area contributed by atoms with E-state index in [1.54, 1.807) is 30.3 Å². The summed E-state index contributed by atoms with van der Waals surface area (Å²) >= 11 is 5.24. The van der Waals surface area contributed by atoms with E-state index >= 15 is 0 Å². The molecule has 8 nitrogen and oxygen atoms in total. The average molecular weight is 464 g/mol. The van der Waals surface area contributed by atoms with Crippen molar-refractivity contribution in [2.75, 3.05) is 19.5 Å². The summed E-state index contributed by atoms with van der Waals surface area (Å²) in [6.07, 6.45) is 0. The molecule has 4 rings (SSSR count). The molecular weight excluding hydrogens is 442 g/mol. The normalized spacial score (nSPS) is 10.6. The van der Waals surface area contributed by atoms with Gasteiger partial charge in [0.05, 0.1) is 19.8 Å². The molecule has 0 saturated heterocycles. The Labute approximate surface area is 195 Å². The van der Waals surface area contributed by atoms with Crippen molar-refractivity contribution >= 4 is 40.0 Å². The fourth-order valence-corrected chi connectivity index (χ4v) is 3.42. The number of phenolic OH excluding ortho intramolecular Hbond substituents is 1. The first-order valence-electron chi connectivity index (χ1n) is 9.92. The van der Waals surface area contributed by atoms with Gasteiger partial charge in [-0.05, 0) is 61.1 Å². The lowest BCUT2D eigenvalue weighted by molar-refractivity contribution is 0.0977. The minimum absolute atomic E-state index is 0.0464. The molecule has 33 heavy (non-hydrogen) atoms. The number of hydrogen-bond donors (Lipinski definition) is 3. The highest BCUT2D eigenvalue weighted by atomic mass is 32.1. The molecule has 0 radical (unpaired) electrons. The Morgan fingerprint density at radius 1 is 1.03 bits per heavy atom. The van der Waals surface area contributed by atoms with Crippen LogP contribution in [0.2, 0.25) is 0 Å². The molecule has 0 atom stereocenters. The zero-order chi connectivity index (χ0) is 23.5. The zero-order valence-corrected chi connectivity index (χ0v) is 18.9. The lowest BCUT2D eigenvalue weighted by Crippen LogP contribution is -2.34. The summed E-state index contributed by atoms with van der Waals surface area (Å²) in [7, 11) is 3.00. The van der Waals surface area contributed by atoms with Crippen LogP contribution in [0, 0.1) is 6.92 Å². The maximum atomic E-state index is 12.6. The largest absolute Gasteiger partial charge is 0.507 e. The van der Waals surface area contributed by atoms with Crippen molar-refractivity contribution in [1.82, 2.24) is 10.3 Å². The molecule has 0 spiro atoms. The van der Waals surface area contributed by atoms with Gasteiger partial charge in [0, 0.05) is 23.4 Å². The second-order valence-electron chi connectivity index (χ2n) is 7.23. The van der Waals surface area contributed by atoms with Gasteiger partial charge in [0.2, 0.25) is 5.89 Å². The van der Waals surface area contributed by atoms with Gasteiger partial charge < -0.3 is 24.3 Å². The molecule has 1 heterocycles. The van der Waals surface area contributed by atoms with Crippen molar-refractivity contribution in [2.45, 2.75) is 6.92 Å². The van der Waals surface area contributed by atoms with Crippen LogP contribution < -0.4 is 20.1 Å². The number of rotatable bonds is 5. The van der Waals surface area contributed by atoms with E-state index in [2.05, 4.69) is 15.6 Å². The molecule has 9 heteroatoms. The maximum Gasteiger partial charge on any atom is 0.257 e. The Kier molecular flexibility index (Phi) is 6.14. The Balaban J connectivity index is 1.47. The third kappa shape index (κ3) is 4.88. The first-order valence-corrected chi connectivity index (χ1v) is 10.3. The second-order valence-corrected chi connectivity index (χ2v) is 7.64. The van der Waals surface area contributed by atoms with E-state index in [1.807, 2.05) is 25.1 Å². The number of oxazole rings is 1. The third-order valence-electron chi connectivity index (χ3n) is 4.87. The molecule has 0 fully saturated rings. The number of benzene rings is 3. The molecule has 4 aromatic rings. The maximum absolute atomic E-state index is 12.6. The predicted molar refractivity (Wildman–Crippen MR) is 129 cm³/mol. The van der Waals surface area contributed by atoms with Gasteiger partial charge in [-0.25, -0.2) is 4.98 Å². The minimum Gasteiger partial charge on any atom is -0.507 e. The van der Waals surface area contributed by atoms with Crippen molar-refractivity contribution in [3.63, 3.8) is 0 Å². The van der Waals surface area contributed by atoms with Gasteiger partial charge in [-0.1, -0.05) is 6.07 Å². The van der Waals surface area contributed by atoms with Crippen LogP contribution in [0.15, 0.2) is 59.0 Å². The molecule has 0 bridgehead atoms. The number of phenols is 1. The van der Waals surface area contributed by atoms with Crippen LogP contribution in [0.3, 0.4) is 0 Å². The van der Waals surface area contributed by atoms with E-state index in [4.69, 9.17) is 26.1 Å². The quantitative estimate of drug-likeness (QED) is 0.367. The molecule has 168 valence electrons. The van der Waals surface area contributed by atoms with Gasteiger partial charge in [0.1, 0.15) is 22.8 Å². The Morgan fingerprint density at radius 2 is 1.76 bits per heavy atom. The van der Waals surface area contributed by atoms with Crippen molar-refractivity contribution in [3.05, 3.63) is 65.7 Å². The van der Waals surface area contributed by atoms with Gasteiger partial charge in [0.25, 0.3) is 5.91 Å². The number of amides is 1. The molecule has 0 unspecified atom stereocenters. The molecule has 1 aromatic heterocycles. The summed E-state index contributed by atoms with van der Waals surface area (Å²) in [6.45, 7) is 1.96. The number of nitrogens with one attached hydrogen (secondary N) is 2. The van der Waals surface area contributed by atoms with E-state index in [9.17, 15) is 9.90 Å². The number of aromatic nitrogens is 1. The van der Waals surface area contributed by atoms with Crippen LogP contribution in [0.5, 0.6) is 17.2 Å². The fraction of sp³-hybridized carbons (Fsp3) is 0.125. The molecule has 0 aliphatic carbocycles. The number of fused-ring (bicyclic) bond motifs is 1. The lowest BCUT2D eigenvalue weighted by Gasteiger charge is -2.12. The number of thiocarbonyl (C=S) groups is 1. The smallest absolute Gasteiger partial charge is 0.257 e. The van der Waals surface area contributed by atoms with E-state index in [0.717, 1.165) is 5.56 Å². The van der Waals surface area contributed by atoms with Gasteiger partial charge in [-0.2, -0.15) is 0 Å². The summed E-state index contributed by atoms with van der Waals surface area (Å²) in [5, 5.41) is 16.0. The zero-order valence-electron chi connectivity index (χ0n) is 18.1. The number of ether oxygens (including phenoxy) is 2. The van der Waals surface area contributed by atoms with E-state index in [1.165, 1.54) is 20.3 Å². The second kappa shape index (κ2) is 9.17. The van der Waals surface area contributed by atoms with Crippen LogP contribution in [-0.4, -0.2) is 35.3 Å². The highest BCUT2D eigenvalue weighted by Crippen LogP contribution is 2.33. The van der Waals surface area contributed by atoms with Gasteiger partial charge in [-0.15, -0.1) is 0 Å². The highest BCUT2D eigenvalue weighted by molar-refractivity contribution is 7.80. The molecule has 0 aliphatic rings. The number of hydrogen-bond acceptors (Lipinski definition) is 7. The van der Waals surface area contributed by atoms with Crippen LogP contribution >= 0.6 is 12.2 Å². The third-order valence-corrected chi connectivity index (χ3v) is 5.07. The first kappa shape index (κ1) is 22.1. The number of methoxy groups -OCH3 is 2. The van der Waals surface area contributed by atoms with E-state index < -0.39 is 5.91 Å². The van der Waals surface area contributed by atoms with Crippen LogP contribution in [-0.2, 0) is 0 Å². The number of anilines is 1. The summed E-state index contributed by atoms with van der Waals surface area (Å²) in [5.74, 6) is 0.784. The standard InChI is InChI=1S/C24H21N3O5S/c1-13-4-7-19-21(8-13)32-23(26-19)18-6-5-15(11-20(18)28)25-24(33)27-22(29)14-9-16(30-2)12-17(10-14)31-3/h4-12,28H,1-3H3,(H2,25,27,29,33). The fourth-order valence-electron chi connectivity index (χ4n) is 3.21. The molecule has 3 aromatic carbocycles. The molecule has 0 saturated carbocycles. The minimum atomic E-state index is -0.438. The van der Waals surface area contributed by atoms with E-state index in [0.29, 0.717) is 45.3 Å². The molecular formula is C24H21N3O5S. The number of aryl methyl sites for hydroxylation is 1. The SMILES string of the molecule is COc1cc(OC)cc(C(=O)NC(=S)Nc2ccc(-c3nc4ccc(C)cc4o3)c(O)c2)c1. The monoisotopic (exact) mass is 463 g/mol. The Hall–Kier alpha value is -4.11. The summed E-state index contributed by atoms with van der Waals surface area (Å²) in [5.41, 5.74) is 3.64. The van der Waals surface area contributed by atoms with Crippen molar-refractivity contribution in [2.24, 2.45) is 0 Å². The number of carbonyl (C=O) groups is 1. The average Bonchev–Trinajstić information content (AvgIpc) is 3.21.